The lowest BCUT2D eigenvalue weighted by Crippen LogP contribution is -2.48. The highest BCUT2D eigenvalue weighted by atomic mass is 15.2. The number of aryl methyl sites for hydroxylation is 1. The molecular formula is C16H26N2. The molecule has 0 amide bonds. The molecule has 1 fully saturated rings. The Kier molecular flexibility index (Phi) is 4.41. The van der Waals surface area contributed by atoms with Crippen LogP contribution in [0.25, 0.3) is 0 Å². The summed E-state index contributed by atoms with van der Waals surface area (Å²) >= 11 is 0. The van der Waals surface area contributed by atoms with Crippen LogP contribution in [0.1, 0.15) is 50.3 Å². The van der Waals surface area contributed by atoms with E-state index in [2.05, 4.69) is 49.9 Å². The van der Waals surface area contributed by atoms with Crippen LogP contribution in [0, 0.1) is 6.92 Å². The van der Waals surface area contributed by atoms with Gasteiger partial charge in [0.05, 0.1) is 0 Å². The van der Waals surface area contributed by atoms with Crippen molar-refractivity contribution in [2.45, 2.75) is 58.2 Å². The summed E-state index contributed by atoms with van der Waals surface area (Å²) < 4.78 is 0. The van der Waals surface area contributed by atoms with Crippen LogP contribution in [0.3, 0.4) is 0 Å². The van der Waals surface area contributed by atoms with Crippen molar-refractivity contribution in [2.75, 3.05) is 6.54 Å². The number of likely N-dealkylation sites (tertiary alicyclic amines) is 1. The Bertz CT molecular complexity index is 371. The number of hydrogen-bond donors (Lipinski definition) is 1. The Balaban J connectivity index is 2.07. The third-order valence-corrected chi connectivity index (χ3v) is 4.36. The summed E-state index contributed by atoms with van der Waals surface area (Å²) in [5, 5.41) is 0. The molecular weight excluding hydrogens is 220 g/mol. The van der Waals surface area contributed by atoms with Crippen LogP contribution in [0.2, 0.25) is 0 Å². The molecule has 0 bridgehead atoms. The molecule has 0 aliphatic carbocycles. The average molecular weight is 246 g/mol. The fourth-order valence-electron chi connectivity index (χ4n) is 3.00. The number of rotatable bonds is 3. The van der Waals surface area contributed by atoms with Gasteiger partial charge >= 0.3 is 0 Å². The lowest BCUT2D eigenvalue weighted by atomic mass is 9.95. The second-order valence-corrected chi connectivity index (χ2v) is 5.76. The van der Waals surface area contributed by atoms with Gasteiger partial charge < -0.3 is 5.73 Å². The van der Waals surface area contributed by atoms with Crippen molar-refractivity contribution in [2.24, 2.45) is 5.73 Å². The molecule has 0 saturated carbocycles. The van der Waals surface area contributed by atoms with Crippen LogP contribution in [0.5, 0.6) is 0 Å². The first kappa shape index (κ1) is 13.6. The monoisotopic (exact) mass is 246 g/mol. The molecule has 1 heterocycles. The summed E-state index contributed by atoms with van der Waals surface area (Å²) in [4.78, 5) is 2.58. The lowest BCUT2D eigenvalue weighted by Gasteiger charge is -2.40. The van der Waals surface area contributed by atoms with Crippen LogP contribution in [0.4, 0.5) is 0 Å². The average Bonchev–Trinajstić information content (AvgIpc) is 2.38. The second kappa shape index (κ2) is 5.85. The zero-order valence-electron chi connectivity index (χ0n) is 11.9. The van der Waals surface area contributed by atoms with E-state index in [0.29, 0.717) is 12.1 Å². The van der Waals surface area contributed by atoms with E-state index in [0.717, 1.165) is 0 Å². The zero-order chi connectivity index (χ0) is 13.1. The summed E-state index contributed by atoms with van der Waals surface area (Å²) in [5.74, 6) is 0. The summed E-state index contributed by atoms with van der Waals surface area (Å²) in [7, 11) is 0. The molecule has 18 heavy (non-hydrogen) atoms. The highest BCUT2D eigenvalue weighted by Gasteiger charge is 2.27. The highest BCUT2D eigenvalue weighted by Crippen LogP contribution is 2.25. The third kappa shape index (κ3) is 2.93. The third-order valence-electron chi connectivity index (χ3n) is 4.36. The molecule has 2 heteroatoms. The normalized spacial score (nSPS) is 24.8. The van der Waals surface area contributed by atoms with Crippen molar-refractivity contribution >= 4 is 0 Å². The molecule has 2 rings (SSSR count). The van der Waals surface area contributed by atoms with E-state index in [-0.39, 0.29) is 6.04 Å². The van der Waals surface area contributed by atoms with Crippen LogP contribution in [0.15, 0.2) is 24.3 Å². The van der Waals surface area contributed by atoms with Gasteiger partial charge in [0.1, 0.15) is 0 Å². The van der Waals surface area contributed by atoms with Crippen molar-refractivity contribution in [3.05, 3.63) is 35.4 Å². The van der Waals surface area contributed by atoms with Crippen molar-refractivity contribution in [1.82, 2.24) is 4.90 Å². The molecule has 100 valence electrons. The highest BCUT2D eigenvalue weighted by molar-refractivity contribution is 5.24. The Morgan fingerprint density at radius 2 is 1.89 bits per heavy atom. The molecule has 0 aromatic heterocycles. The van der Waals surface area contributed by atoms with E-state index in [4.69, 9.17) is 5.73 Å². The Morgan fingerprint density at radius 3 is 2.50 bits per heavy atom. The summed E-state index contributed by atoms with van der Waals surface area (Å²) in [5.41, 5.74) is 8.99. The van der Waals surface area contributed by atoms with Gasteiger partial charge in [-0.1, -0.05) is 36.2 Å². The summed E-state index contributed by atoms with van der Waals surface area (Å²) in [6.45, 7) is 7.91. The molecule has 3 unspecified atom stereocenters. The van der Waals surface area contributed by atoms with Crippen LogP contribution in [-0.2, 0) is 0 Å². The van der Waals surface area contributed by atoms with Gasteiger partial charge in [-0.25, -0.2) is 0 Å². The molecule has 2 N–H and O–H groups in total. The van der Waals surface area contributed by atoms with Gasteiger partial charge in [0.15, 0.2) is 0 Å². The standard InChI is InChI=1S/C16H26N2/c1-12-7-9-15(10-8-12)16(17)14(3)18-11-5-4-6-13(18)2/h7-10,13-14,16H,4-6,11,17H2,1-3H3. The molecule has 0 radical (unpaired) electrons. The van der Waals surface area contributed by atoms with Gasteiger partial charge in [-0.2, -0.15) is 0 Å². The number of hydrogen-bond acceptors (Lipinski definition) is 2. The maximum Gasteiger partial charge on any atom is 0.0450 e. The minimum atomic E-state index is 0.117. The predicted octanol–water partition coefficient (Wildman–Crippen LogP) is 3.26. The van der Waals surface area contributed by atoms with Gasteiger partial charge in [0.2, 0.25) is 0 Å². The van der Waals surface area contributed by atoms with E-state index in [1.165, 1.54) is 36.9 Å². The topological polar surface area (TPSA) is 29.3 Å². The van der Waals surface area contributed by atoms with Crippen LogP contribution >= 0.6 is 0 Å². The first-order valence-electron chi connectivity index (χ1n) is 7.17. The van der Waals surface area contributed by atoms with Crippen molar-refractivity contribution < 1.29 is 0 Å². The number of nitrogens with zero attached hydrogens (tertiary/aromatic N) is 1. The van der Waals surface area contributed by atoms with E-state index < -0.39 is 0 Å². The smallest absolute Gasteiger partial charge is 0.0450 e. The van der Waals surface area contributed by atoms with Crippen LogP contribution in [-0.4, -0.2) is 23.5 Å². The van der Waals surface area contributed by atoms with Gasteiger partial charge in [-0.15, -0.1) is 0 Å². The summed E-state index contributed by atoms with van der Waals surface area (Å²) in [6.07, 6.45) is 3.99. The van der Waals surface area contributed by atoms with E-state index in [1.54, 1.807) is 0 Å². The largest absolute Gasteiger partial charge is 0.323 e. The molecule has 0 spiro atoms. The minimum absolute atomic E-state index is 0.117. The molecule has 1 aliphatic rings. The Morgan fingerprint density at radius 1 is 1.22 bits per heavy atom. The van der Waals surface area contributed by atoms with Gasteiger partial charge in [-0.05, 0) is 45.7 Å². The van der Waals surface area contributed by atoms with Gasteiger partial charge in [0.25, 0.3) is 0 Å². The first-order valence-corrected chi connectivity index (χ1v) is 7.17. The van der Waals surface area contributed by atoms with E-state index in [1.807, 2.05) is 0 Å². The number of nitrogens with two attached hydrogens (primary N) is 1. The maximum absolute atomic E-state index is 6.44. The van der Waals surface area contributed by atoms with Crippen molar-refractivity contribution in [3.8, 4) is 0 Å². The van der Waals surface area contributed by atoms with Crippen molar-refractivity contribution in [1.29, 1.82) is 0 Å². The minimum Gasteiger partial charge on any atom is -0.323 e. The molecule has 2 nitrogen and oxygen atoms in total. The van der Waals surface area contributed by atoms with Crippen molar-refractivity contribution in [3.63, 3.8) is 0 Å². The maximum atomic E-state index is 6.44. The van der Waals surface area contributed by atoms with E-state index in [9.17, 15) is 0 Å². The fourth-order valence-corrected chi connectivity index (χ4v) is 3.00. The number of benzene rings is 1. The molecule has 1 aromatic carbocycles. The first-order chi connectivity index (χ1) is 8.59. The molecule has 1 saturated heterocycles. The summed E-state index contributed by atoms with van der Waals surface area (Å²) in [6, 6.07) is 9.86. The molecule has 3 atom stereocenters. The quantitative estimate of drug-likeness (QED) is 0.887. The SMILES string of the molecule is Cc1ccc(C(N)C(C)N2CCCCC2C)cc1. The van der Waals surface area contributed by atoms with Crippen LogP contribution < -0.4 is 5.73 Å². The molecule has 1 aliphatic heterocycles. The predicted molar refractivity (Wildman–Crippen MR) is 77.6 cm³/mol. The zero-order valence-corrected chi connectivity index (χ0v) is 11.9. The van der Waals surface area contributed by atoms with Gasteiger partial charge in [-0.3, -0.25) is 4.90 Å². The Labute approximate surface area is 111 Å². The second-order valence-electron chi connectivity index (χ2n) is 5.76. The molecule has 1 aromatic rings. The lowest BCUT2D eigenvalue weighted by molar-refractivity contribution is 0.0991. The Hall–Kier alpha value is -0.860. The fraction of sp³-hybridized carbons (Fsp3) is 0.625. The number of piperidine rings is 1. The van der Waals surface area contributed by atoms with Gasteiger partial charge in [0, 0.05) is 18.1 Å². The van der Waals surface area contributed by atoms with E-state index >= 15 is 0 Å².